The molecule has 2 aliphatic rings. The highest BCUT2D eigenvalue weighted by Gasteiger charge is 2.46. The Labute approximate surface area is 196 Å². The van der Waals surface area contributed by atoms with Crippen LogP contribution < -0.4 is 15.3 Å². The second kappa shape index (κ2) is 11.1. The number of ether oxygens (including phenoxy) is 2. The number of aliphatic hydroxyl groups excluding tert-OH is 2. The van der Waals surface area contributed by atoms with Crippen LogP contribution >= 0.6 is 7.75 Å². The Balaban J connectivity index is 1.72. The van der Waals surface area contributed by atoms with E-state index in [1.165, 1.54) is 25.1 Å². The van der Waals surface area contributed by atoms with Gasteiger partial charge in [-0.1, -0.05) is 24.3 Å². The van der Waals surface area contributed by atoms with E-state index in [1.807, 2.05) is 0 Å². The van der Waals surface area contributed by atoms with Crippen LogP contribution in [0.25, 0.3) is 0 Å². The molecular weight excluding hydrogens is 469 g/mol. The normalized spacial score (nSPS) is 26.9. The molecule has 13 heteroatoms. The van der Waals surface area contributed by atoms with E-state index >= 15 is 0 Å². The summed E-state index contributed by atoms with van der Waals surface area (Å²) in [6.07, 6.45) is 0.0518. The van der Waals surface area contributed by atoms with Gasteiger partial charge in [0.15, 0.2) is 6.23 Å². The molecule has 1 fully saturated rings. The van der Waals surface area contributed by atoms with Crippen LogP contribution in [-0.2, 0) is 28.2 Å². The van der Waals surface area contributed by atoms with Crippen LogP contribution in [-0.4, -0.2) is 71.3 Å². The molecule has 1 aromatic rings. The molecule has 1 saturated heterocycles. The molecule has 5 unspecified atom stereocenters. The van der Waals surface area contributed by atoms with Gasteiger partial charge in [-0.15, -0.1) is 0 Å². The van der Waals surface area contributed by atoms with Crippen LogP contribution in [0.4, 0.5) is 0 Å². The first-order valence-corrected chi connectivity index (χ1v) is 12.0. The molecule has 1 amide bonds. The fourth-order valence-corrected chi connectivity index (χ4v) is 4.86. The number of rotatable bonds is 10. The Bertz CT molecular complexity index is 987. The number of hydrogen-bond acceptors (Lipinski definition) is 10. The first-order valence-electron chi connectivity index (χ1n) is 10.4. The van der Waals surface area contributed by atoms with E-state index in [0.717, 1.165) is 0 Å². The molecule has 0 radical (unpaired) electrons. The number of hydrogen-bond donors (Lipinski definition) is 4. The molecule has 0 aliphatic carbocycles. The third-order valence-corrected chi connectivity index (χ3v) is 6.80. The van der Waals surface area contributed by atoms with Gasteiger partial charge < -0.3 is 34.8 Å². The van der Waals surface area contributed by atoms with Gasteiger partial charge >= 0.3 is 13.7 Å². The molecule has 0 aromatic heterocycles. The summed E-state index contributed by atoms with van der Waals surface area (Å²) in [5.74, 6) is -1.10. The average molecular weight is 497 g/mol. The lowest BCUT2D eigenvalue weighted by Gasteiger charge is -2.28. The summed E-state index contributed by atoms with van der Waals surface area (Å²) in [5.41, 5.74) is 5.62. The molecule has 5 N–H and O–H groups in total. The number of carbonyl (C=O) groups excluding carboxylic acids is 2. The summed E-state index contributed by atoms with van der Waals surface area (Å²) >= 11 is 0. The SMILES string of the molecule is COC(=O)[C@H](C)NP(=O)(OCC1OC(N2C=CCC(C(N)=O)=C2)C(O)C1O)Oc1ccccc1. The number of nitrogens with two attached hydrogens (primary N) is 1. The van der Waals surface area contributed by atoms with Gasteiger partial charge in [-0.2, -0.15) is 5.09 Å². The zero-order valence-electron chi connectivity index (χ0n) is 18.6. The van der Waals surface area contributed by atoms with Crippen LogP contribution in [0.2, 0.25) is 0 Å². The fourth-order valence-electron chi connectivity index (χ4n) is 3.36. The van der Waals surface area contributed by atoms with Crippen LogP contribution in [0.15, 0.2) is 54.4 Å². The smallest absolute Gasteiger partial charge is 0.459 e. The van der Waals surface area contributed by atoms with E-state index in [-0.39, 0.29) is 5.75 Å². The Kier molecular flexibility index (Phi) is 8.47. The zero-order chi connectivity index (χ0) is 24.9. The number of para-hydroxylation sites is 1. The second-order valence-corrected chi connectivity index (χ2v) is 9.37. The molecule has 34 heavy (non-hydrogen) atoms. The van der Waals surface area contributed by atoms with Crippen molar-refractivity contribution in [3.63, 3.8) is 0 Å². The molecule has 12 nitrogen and oxygen atoms in total. The topological polar surface area (TPSA) is 170 Å². The van der Waals surface area contributed by atoms with Crippen molar-refractivity contribution in [3.05, 3.63) is 54.4 Å². The predicted octanol–water partition coefficient (Wildman–Crippen LogP) is 0.377. The van der Waals surface area contributed by atoms with Gasteiger partial charge in [-0.05, 0) is 25.5 Å². The van der Waals surface area contributed by atoms with Crippen LogP contribution in [0.1, 0.15) is 13.3 Å². The quantitative estimate of drug-likeness (QED) is 0.260. The minimum Gasteiger partial charge on any atom is -0.468 e. The number of benzene rings is 1. The monoisotopic (exact) mass is 497 g/mol. The van der Waals surface area contributed by atoms with E-state index in [1.54, 1.807) is 42.6 Å². The van der Waals surface area contributed by atoms with Crippen LogP contribution in [0.5, 0.6) is 5.75 Å². The predicted molar refractivity (Wildman–Crippen MR) is 119 cm³/mol. The van der Waals surface area contributed by atoms with Gasteiger partial charge in [0, 0.05) is 18.0 Å². The number of nitrogens with zero attached hydrogens (tertiary/aromatic N) is 1. The minimum atomic E-state index is -4.16. The lowest BCUT2D eigenvalue weighted by Crippen LogP contribution is -2.40. The first-order chi connectivity index (χ1) is 16.1. The highest BCUT2D eigenvalue weighted by molar-refractivity contribution is 7.52. The maximum absolute atomic E-state index is 13.4. The first kappa shape index (κ1) is 25.9. The number of amides is 1. The van der Waals surface area contributed by atoms with Crippen molar-refractivity contribution in [2.24, 2.45) is 5.73 Å². The van der Waals surface area contributed by atoms with E-state index < -0.39 is 56.8 Å². The largest absolute Gasteiger partial charge is 0.468 e. The van der Waals surface area contributed by atoms with Crippen molar-refractivity contribution in [2.45, 2.75) is 43.9 Å². The fraction of sp³-hybridized carbons (Fsp3) is 0.429. The maximum Gasteiger partial charge on any atom is 0.459 e. The molecule has 0 saturated carbocycles. The summed E-state index contributed by atoms with van der Waals surface area (Å²) < 4.78 is 34.8. The molecule has 186 valence electrons. The zero-order valence-corrected chi connectivity index (χ0v) is 19.5. The molecule has 0 spiro atoms. The lowest BCUT2D eigenvalue weighted by atomic mass is 10.1. The summed E-state index contributed by atoms with van der Waals surface area (Å²) in [4.78, 5) is 24.7. The van der Waals surface area contributed by atoms with Gasteiger partial charge in [0.05, 0.1) is 13.7 Å². The number of aliphatic hydroxyl groups is 2. The highest BCUT2D eigenvalue weighted by atomic mass is 31.2. The molecule has 2 heterocycles. The number of primary amides is 1. The van der Waals surface area contributed by atoms with Crippen LogP contribution in [0, 0.1) is 0 Å². The minimum absolute atomic E-state index is 0.212. The molecule has 0 bridgehead atoms. The van der Waals surface area contributed by atoms with Gasteiger partial charge in [0.1, 0.15) is 30.1 Å². The summed E-state index contributed by atoms with van der Waals surface area (Å²) in [6, 6.07) is 7.12. The number of esters is 1. The molecule has 2 aliphatic heterocycles. The van der Waals surface area contributed by atoms with Crippen molar-refractivity contribution in [1.82, 2.24) is 9.99 Å². The van der Waals surface area contributed by atoms with Crippen LogP contribution in [0.3, 0.4) is 0 Å². The number of carbonyl (C=O) groups is 2. The van der Waals surface area contributed by atoms with Gasteiger partial charge in [-0.3, -0.25) is 14.1 Å². The van der Waals surface area contributed by atoms with E-state index in [2.05, 4.69) is 9.82 Å². The summed E-state index contributed by atoms with van der Waals surface area (Å²) in [6.45, 7) is 0.964. The lowest BCUT2D eigenvalue weighted by molar-refractivity contribution is -0.142. The maximum atomic E-state index is 13.4. The second-order valence-electron chi connectivity index (χ2n) is 7.67. The number of nitrogens with one attached hydrogen (secondary N) is 1. The van der Waals surface area contributed by atoms with E-state index in [0.29, 0.717) is 12.0 Å². The Morgan fingerprint density at radius 2 is 2.00 bits per heavy atom. The van der Waals surface area contributed by atoms with Crippen molar-refractivity contribution in [3.8, 4) is 5.75 Å². The Morgan fingerprint density at radius 3 is 2.65 bits per heavy atom. The van der Waals surface area contributed by atoms with Crippen molar-refractivity contribution in [1.29, 1.82) is 0 Å². The number of allylic oxidation sites excluding steroid dienone is 1. The van der Waals surface area contributed by atoms with Crippen molar-refractivity contribution in [2.75, 3.05) is 13.7 Å². The average Bonchev–Trinajstić information content (AvgIpc) is 3.11. The Hall–Kier alpha value is -2.73. The third-order valence-electron chi connectivity index (χ3n) is 5.15. The molecule has 6 atom stereocenters. The standard InChI is InChI=1S/C21H28N3O9P/c1-13(21(28)30-2)23-34(29,33-15-8-4-3-5-9-15)31-12-16-17(25)18(26)20(32-16)24-10-6-7-14(11-24)19(22)27/h3-6,8-11,13,16-18,20,25-26H,7,12H2,1-2H3,(H2,22,27)(H,23,29)/t13-,16?,17?,18?,20?,34?/m0/s1. The third kappa shape index (κ3) is 6.23. The highest BCUT2D eigenvalue weighted by Crippen LogP contribution is 2.45. The molecule has 3 rings (SSSR count). The van der Waals surface area contributed by atoms with Crippen molar-refractivity contribution < 1.29 is 42.9 Å². The van der Waals surface area contributed by atoms with Gasteiger partial charge in [0.2, 0.25) is 5.91 Å². The Morgan fingerprint density at radius 1 is 1.29 bits per heavy atom. The van der Waals surface area contributed by atoms with Gasteiger partial charge in [-0.25, -0.2) is 4.57 Å². The molecule has 1 aromatic carbocycles. The van der Waals surface area contributed by atoms with Crippen molar-refractivity contribution >= 4 is 19.6 Å². The summed E-state index contributed by atoms with van der Waals surface area (Å²) in [7, 11) is -2.98. The summed E-state index contributed by atoms with van der Waals surface area (Å²) in [5, 5.41) is 23.5. The van der Waals surface area contributed by atoms with E-state index in [4.69, 9.17) is 19.5 Å². The number of methoxy groups -OCH3 is 1. The van der Waals surface area contributed by atoms with E-state index in [9.17, 15) is 24.4 Å². The van der Waals surface area contributed by atoms with Gasteiger partial charge in [0.25, 0.3) is 0 Å². The molecular formula is C21H28N3O9P.